The molecule has 4 rings (SSSR count). The van der Waals surface area contributed by atoms with Crippen molar-refractivity contribution in [2.24, 2.45) is 0 Å². The Hall–Kier alpha value is -3.32. The molecule has 0 saturated carbocycles. The molecule has 1 unspecified atom stereocenters. The van der Waals surface area contributed by atoms with Gasteiger partial charge >= 0.3 is 5.97 Å². The second kappa shape index (κ2) is 8.81. The summed E-state index contributed by atoms with van der Waals surface area (Å²) in [5.41, 5.74) is 3.23. The van der Waals surface area contributed by atoms with E-state index in [1.165, 1.54) is 7.11 Å². The fourth-order valence-corrected chi connectivity index (χ4v) is 3.87. The zero-order chi connectivity index (χ0) is 22.0. The number of carbonyl (C=O) groups excluding carboxylic acids is 2. The van der Waals surface area contributed by atoms with Crippen LogP contribution in [0.1, 0.15) is 27.3 Å². The average molecular weight is 440 g/mol. The predicted molar refractivity (Wildman–Crippen MR) is 115 cm³/mol. The molecule has 2 heterocycles. The Morgan fingerprint density at radius 2 is 1.81 bits per heavy atom. The van der Waals surface area contributed by atoms with E-state index in [9.17, 15) is 9.59 Å². The standard InChI is InChI=1S/C23H22ClN3O4/c1-30-18-9-5-16(6-10-18)22(28)27-13-21-19(11-20(27)23(29)31-2)25-14-26(21)12-15-3-7-17(24)8-4-15/h3-10,14,20H,11-13H2,1-2H3. The van der Waals surface area contributed by atoms with Crippen LogP contribution in [-0.4, -0.2) is 46.6 Å². The number of amides is 1. The van der Waals surface area contributed by atoms with Crippen LogP contribution in [0.4, 0.5) is 0 Å². The quantitative estimate of drug-likeness (QED) is 0.570. The van der Waals surface area contributed by atoms with Crippen LogP contribution in [0.25, 0.3) is 0 Å². The second-order valence-electron chi connectivity index (χ2n) is 7.30. The highest BCUT2D eigenvalue weighted by molar-refractivity contribution is 6.30. The van der Waals surface area contributed by atoms with Gasteiger partial charge in [-0.25, -0.2) is 9.78 Å². The Bertz CT molecular complexity index is 1090. The van der Waals surface area contributed by atoms with Crippen LogP contribution in [0, 0.1) is 0 Å². The van der Waals surface area contributed by atoms with Crippen LogP contribution in [0.3, 0.4) is 0 Å². The number of hydrogen-bond acceptors (Lipinski definition) is 5. The number of imidazole rings is 1. The lowest BCUT2D eigenvalue weighted by molar-refractivity contribution is -0.146. The minimum atomic E-state index is -0.731. The van der Waals surface area contributed by atoms with E-state index in [0.29, 0.717) is 29.3 Å². The fraction of sp³-hybridized carbons (Fsp3) is 0.261. The average Bonchev–Trinajstić information content (AvgIpc) is 3.20. The molecule has 0 aliphatic carbocycles. The van der Waals surface area contributed by atoms with Crippen molar-refractivity contribution in [3.05, 3.63) is 82.4 Å². The molecule has 8 heteroatoms. The van der Waals surface area contributed by atoms with Crippen molar-refractivity contribution >= 4 is 23.5 Å². The van der Waals surface area contributed by atoms with E-state index in [1.807, 2.05) is 28.8 Å². The van der Waals surface area contributed by atoms with Crippen molar-refractivity contribution in [2.75, 3.05) is 14.2 Å². The first-order valence-corrected chi connectivity index (χ1v) is 10.2. The Balaban J connectivity index is 1.64. The molecule has 1 aliphatic heterocycles. The third kappa shape index (κ3) is 4.27. The summed E-state index contributed by atoms with van der Waals surface area (Å²) in [6.45, 7) is 0.848. The Kier molecular flexibility index (Phi) is 5.95. The molecule has 1 aromatic heterocycles. The maximum Gasteiger partial charge on any atom is 0.329 e. The van der Waals surface area contributed by atoms with Crippen molar-refractivity contribution in [1.82, 2.24) is 14.5 Å². The van der Waals surface area contributed by atoms with Gasteiger partial charge in [-0.05, 0) is 42.0 Å². The molecule has 1 atom stereocenters. The van der Waals surface area contributed by atoms with Crippen LogP contribution in [0.5, 0.6) is 5.75 Å². The Labute approximate surface area is 185 Å². The molecular formula is C23H22ClN3O4. The number of esters is 1. The molecule has 31 heavy (non-hydrogen) atoms. The number of halogens is 1. The maximum atomic E-state index is 13.3. The summed E-state index contributed by atoms with van der Waals surface area (Å²) < 4.78 is 12.1. The van der Waals surface area contributed by atoms with Crippen molar-refractivity contribution < 1.29 is 19.1 Å². The smallest absolute Gasteiger partial charge is 0.329 e. The number of nitrogens with zero attached hydrogens (tertiary/aromatic N) is 3. The van der Waals surface area contributed by atoms with E-state index in [1.54, 1.807) is 42.6 Å². The second-order valence-corrected chi connectivity index (χ2v) is 7.73. The first-order chi connectivity index (χ1) is 15.0. The number of benzene rings is 2. The number of ether oxygens (including phenoxy) is 2. The summed E-state index contributed by atoms with van der Waals surface area (Å²) in [6, 6.07) is 13.7. The van der Waals surface area contributed by atoms with Crippen LogP contribution in [0.15, 0.2) is 54.9 Å². The molecule has 160 valence electrons. The summed E-state index contributed by atoms with van der Waals surface area (Å²) in [4.78, 5) is 31.8. The maximum absolute atomic E-state index is 13.3. The minimum Gasteiger partial charge on any atom is -0.497 e. The summed E-state index contributed by atoms with van der Waals surface area (Å²) in [7, 11) is 2.89. The normalized spacial score (nSPS) is 15.3. The molecule has 2 aromatic carbocycles. The van der Waals surface area contributed by atoms with Crippen molar-refractivity contribution in [2.45, 2.75) is 25.6 Å². The number of hydrogen-bond donors (Lipinski definition) is 0. The van der Waals surface area contributed by atoms with E-state index in [0.717, 1.165) is 17.0 Å². The highest BCUT2D eigenvalue weighted by Crippen LogP contribution is 2.26. The Morgan fingerprint density at radius 1 is 1.10 bits per heavy atom. The number of rotatable bonds is 5. The van der Waals surface area contributed by atoms with Crippen molar-refractivity contribution in [3.8, 4) is 5.75 Å². The molecule has 1 aliphatic rings. The van der Waals surface area contributed by atoms with E-state index in [4.69, 9.17) is 21.1 Å². The van der Waals surface area contributed by atoms with Gasteiger partial charge in [0.05, 0.1) is 38.5 Å². The lowest BCUT2D eigenvalue weighted by Gasteiger charge is -2.34. The van der Waals surface area contributed by atoms with Gasteiger partial charge in [-0.2, -0.15) is 0 Å². The van der Waals surface area contributed by atoms with E-state index in [2.05, 4.69) is 4.98 Å². The summed E-state index contributed by atoms with van der Waals surface area (Å²) in [6.07, 6.45) is 2.05. The van der Waals surface area contributed by atoms with Gasteiger partial charge in [0.2, 0.25) is 0 Å². The van der Waals surface area contributed by atoms with Crippen molar-refractivity contribution in [3.63, 3.8) is 0 Å². The summed E-state index contributed by atoms with van der Waals surface area (Å²) in [5, 5.41) is 0.675. The lowest BCUT2D eigenvalue weighted by atomic mass is 10.0. The van der Waals surface area contributed by atoms with E-state index in [-0.39, 0.29) is 12.5 Å². The minimum absolute atomic E-state index is 0.247. The molecule has 1 amide bonds. The van der Waals surface area contributed by atoms with Gasteiger partial charge in [-0.1, -0.05) is 23.7 Å². The molecule has 0 spiro atoms. The lowest BCUT2D eigenvalue weighted by Crippen LogP contribution is -2.49. The molecule has 0 radical (unpaired) electrons. The van der Waals surface area contributed by atoms with E-state index < -0.39 is 12.0 Å². The fourth-order valence-electron chi connectivity index (χ4n) is 3.75. The molecule has 3 aromatic rings. The van der Waals surface area contributed by atoms with Gasteiger partial charge in [0.1, 0.15) is 11.8 Å². The van der Waals surface area contributed by atoms with Crippen LogP contribution < -0.4 is 4.74 Å². The topological polar surface area (TPSA) is 73.7 Å². The molecule has 0 bridgehead atoms. The number of fused-ring (bicyclic) bond motifs is 1. The number of carbonyl (C=O) groups is 2. The third-order valence-electron chi connectivity index (χ3n) is 5.45. The van der Waals surface area contributed by atoms with Gasteiger partial charge in [0.15, 0.2) is 0 Å². The van der Waals surface area contributed by atoms with Crippen molar-refractivity contribution in [1.29, 1.82) is 0 Å². The van der Waals surface area contributed by atoms with Crippen LogP contribution in [-0.2, 0) is 29.0 Å². The van der Waals surface area contributed by atoms with Gasteiger partial charge in [0, 0.05) is 23.6 Å². The SMILES string of the molecule is COC(=O)C1Cc2ncn(Cc3ccc(Cl)cc3)c2CN1C(=O)c1ccc(OC)cc1. The zero-order valence-corrected chi connectivity index (χ0v) is 18.0. The van der Waals surface area contributed by atoms with Gasteiger partial charge in [-0.3, -0.25) is 4.79 Å². The van der Waals surface area contributed by atoms with Gasteiger partial charge < -0.3 is 18.9 Å². The van der Waals surface area contributed by atoms with E-state index >= 15 is 0 Å². The third-order valence-corrected chi connectivity index (χ3v) is 5.71. The Morgan fingerprint density at radius 3 is 2.45 bits per heavy atom. The summed E-state index contributed by atoms with van der Waals surface area (Å²) in [5.74, 6) is -0.0502. The monoisotopic (exact) mass is 439 g/mol. The van der Waals surface area contributed by atoms with Crippen LogP contribution >= 0.6 is 11.6 Å². The molecule has 0 fully saturated rings. The number of methoxy groups -OCH3 is 2. The first-order valence-electron chi connectivity index (χ1n) is 9.80. The number of aromatic nitrogens is 2. The summed E-state index contributed by atoms with van der Waals surface area (Å²) >= 11 is 5.98. The highest BCUT2D eigenvalue weighted by Gasteiger charge is 2.38. The first kappa shape index (κ1) is 20.9. The van der Waals surface area contributed by atoms with Gasteiger partial charge in [-0.15, -0.1) is 0 Å². The molecule has 7 nitrogen and oxygen atoms in total. The predicted octanol–water partition coefficient (Wildman–Crippen LogP) is 3.33. The van der Waals surface area contributed by atoms with Crippen LogP contribution in [0.2, 0.25) is 5.02 Å². The molecule has 0 N–H and O–H groups in total. The highest BCUT2D eigenvalue weighted by atomic mass is 35.5. The zero-order valence-electron chi connectivity index (χ0n) is 17.2. The molecule has 0 saturated heterocycles. The largest absolute Gasteiger partial charge is 0.497 e. The van der Waals surface area contributed by atoms with Gasteiger partial charge in [0.25, 0.3) is 5.91 Å². The molecular weight excluding hydrogens is 418 g/mol.